The van der Waals surface area contributed by atoms with Crippen LogP contribution in [0.25, 0.3) is 0 Å². The fourth-order valence-corrected chi connectivity index (χ4v) is 2.27. The number of H-pyrrole nitrogens is 1. The van der Waals surface area contributed by atoms with Crippen LogP contribution >= 0.6 is 11.3 Å². The molecule has 0 amide bonds. The predicted octanol–water partition coefficient (Wildman–Crippen LogP) is 2.28. The van der Waals surface area contributed by atoms with E-state index in [1.807, 2.05) is 12.4 Å². The van der Waals surface area contributed by atoms with Crippen LogP contribution in [0, 0.1) is 0 Å². The van der Waals surface area contributed by atoms with Crippen LogP contribution in [-0.4, -0.2) is 15.0 Å². The molecule has 0 fully saturated rings. The second-order valence-corrected chi connectivity index (χ2v) is 4.85. The molecule has 86 valence electrons. The quantitative estimate of drug-likeness (QED) is 0.837. The third-order valence-corrected chi connectivity index (χ3v) is 3.56. The molecule has 0 bridgehead atoms. The molecule has 0 saturated heterocycles. The number of hydrogen-bond donors (Lipinski definition) is 2. The summed E-state index contributed by atoms with van der Waals surface area (Å²) in [4.78, 5) is 12.9. The van der Waals surface area contributed by atoms with Gasteiger partial charge in [-0.05, 0) is 13.3 Å². The molecule has 0 aliphatic rings. The van der Waals surface area contributed by atoms with Crippen molar-refractivity contribution in [2.24, 2.45) is 0 Å². The van der Waals surface area contributed by atoms with E-state index in [4.69, 9.17) is 0 Å². The Hall–Kier alpha value is -1.20. The Balaban J connectivity index is 1.87. The summed E-state index contributed by atoms with van der Waals surface area (Å²) in [5.74, 6) is 0.972. The number of imidazole rings is 1. The highest BCUT2D eigenvalue weighted by Gasteiger charge is 2.07. The Morgan fingerprint density at radius 2 is 2.38 bits per heavy atom. The zero-order valence-corrected chi connectivity index (χ0v) is 10.3. The number of nitrogens with one attached hydrogen (secondary N) is 2. The van der Waals surface area contributed by atoms with Crippen LogP contribution < -0.4 is 5.32 Å². The monoisotopic (exact) mass is 236 g/mol. The first-order valence-electron chi connectivity index (χ1n) is 5.46. The maximum absolute atomic E-state index is 4.33. The highest BCUT2D eigenvalue weighted by Crippen LogP contribution is 2.14. The molecule has 0 saturated carbocycles. The van der Waals surface area contributed by atoms with Gasteiger partial charge in [0.05, 0.1) is 11.0 Å². The van der Waals surface area contributed by atoms with Crippen molar-refractivity contribution >= 4 is 11.3 Å². The van der Waals surface area contributed by atoms with E-state index in [2.05, 4.69) is 34.1 Å². The van der Waals surface area contributed by atoms with Gasteiger partial charge in [-0.1, -0.05) is 6.92 Å². The maximum atomic E-state index is 4.33. The normalized spacial score (nSPS) is 12.9. The lowest BCUT2D eigenvalue weighted by Gasteiger charge is -2.09. The fraction of sp³-hybridized carbons (Fsp3) is 0.455. The van der Waals surface area contributed by atoms with Crippen molar-refractivity contribution in [1.29, 1.82) is 0 Å². The Morgan fingerprint density at radius 3 is 3.00 bits per heavy atom. The second-order valence-electron chi connectivity index (χ2n) is 3.65. The van der Waals surface area contributed by atoms with Crippen molar-refractivity contribution in [2.45, 2.75) is 32.9 Å². The Morgan fingerprint density at radius 1 is 1.50 bits per heavy atom. The number of thiazole rings is 1. The first kappa shape index (κ1) is 11.3. The van der Waals surface area contributed by atoms with E-state index in [1.54, 1.807) is 17.5 Å². The van der Waals surface area contributed by atoms with Crippen LogP contribution in [0.2, 0.25) is 0 Å². The average molecular weight is 236 g/mol. The molecule has 2 rings (SSSR count). The first-order valence-corrected chi connectivity index (χ1v) is 6.27. The topological polar surface area (TPSA) is 53.6 Å². The number of aromatic nitrogens is 3. The summed E-state index contributed by atoms with van der Waals surface area (Å²) in [6.45, 7) is 5.07. The van der Waals surface area contributed by atoms with Gasteiger partial charge in [0.25, 0.3) is 0 Å². The van der Waals surface area contributed by atoms with E-state index >= 15 is 0 Å². The van der Waals surface area contributed by atoms with Gasteiger partial charge in [-0.15, -0.1) is 11.3 Å². The number of hydrogen-bond acceptors (Lipinski definition) is 4. The zero-order chi connectivity index (χ0) is 11.4. The molecule has 0 aromatic carbocycles. The molecule has 0 aliphatic carbocycles. The Kier molecular flexibility index (Phi) is 3.69. The summed E-state index contributed by atoms with van der Waals surface area (Å²) in [5.41, 5.74) is 0. The molecular weight excluding hydrogens is 220 g/mol. The number of nitrogens with zero attached hydrogens (tertiary/aromatic N) is 2. The number of aromatic amines is 1. The molecule has 2 heterocycles. The molecule has 1 atom stereocenters. The van der Waals surface area contributed by atoms with Crippen LogP contribution in [-0.2, 0) is 13.0 Å². The number of rotatable bonds is 5. The first-order chi connectivity index (χ1) is 7.79. The molecule has 1 unspecified atom stereocenters. The van der Waals surface area contributed by atoms with Gasteiger partial charge in [0, 0.05) is 30.0 Å². The van der Waals surface area contributed by atoms with E-state index in [-0.39, 0.29) is 6.04 Å². The maximum Gasteiger partial charge on any atom is 0.122 e. The minimum atomic E-state index is 0.238. The van der Waals surface area contributed by atoms with Gasteiger partial charge >= 0.3 is 0 Å². The Labute approximate surface area is 99.2 Å². The van der Waals surface area contributed by atoms with E-state index in [9.17, 15) is 0 Å². The summed E-state index contributed by atoms with van der Waals surface area (Å²) in [6.07, 6.45) is 6.58. The predicted molar refractivity (Wildman–Crippen MR) is 65.3 cm³/mol. The molecule has 2 N–H and O–H groups in total. The van der Waals surface area contributed by atoms with Gasteiger partial charge in [0.15, 0.2) is 0 Å². The van der Waals surface area contributed by atoms with Crippen LogP contribution in [0.4, 0.5) is 0 Å². The van der Waals surface area contributed by atoms with Crippen LogP contribution in [0.15, 0.2) is 18.6 Å². The SMILES string of the molecule is CCc1ncc(CNC(C)c2ncc[nH]2)s1. The summed E-state index contributed by atoms with van der Waals surface area (Å²) in [5, 5.41) is 4.61. The Bertz CT molecular complexity index is 421. The molecule has 0 radical (unpaired) electrons. The molecule has 5 heteroatoms. The van der Waals surface area contributed by atoms with E-state index in [0.717, 1.165) is 18.8 Å². The molecule has 2 aromatic rings. The lowest BCUT2D eigenvalue weighted by Crippen LogP contribution is -2.18. The van der Waals surface area contributed by atoms with Gasteiger partial charge in [-0.3, -0.25) is 0 Å². The molecule has 0 spiro atoms. The van der Waals surface area contributed by atoms with E-state index in [0.29, 0.717) is 0 Å². The standard InChI is InChI=1S/C11H16N4S/c1-3-10-15-7-9(16-10)6-14-8(2)11-12-4-5-13-11/h4-5,7-8,14H,3,6H2,1-2H3,(H,12,13). The molecule has 4 nitrogen and oxygen atoms in total. The third-order valence-electron chi connectivity index (χ3n) is 2.42. The van der Waals surface area contributed by atoms with Crippen molar-refractivity contribution in [2.75, 3.05) is 0 Å². The summed E-state index contributed by atoms with van der Waals surface area (Å²) in [6, 6.07) is 0.238. The summed E-state index contributed by atoms with van der Waals surface area (Å²) in [7, 11) is 0. The number of aryl methyl sites for hydroxylation is 1. The van der Waals surface area contributed by atoms with Crippen molar-refractivity contribution in [3.63, 3.8) is 0 Å². The smallest absolute Gasteiger partial charge is 0.122 e. The van der Waals surface area contributed by atoms with Crippen LogP contribution in [0.3, 0.4) is 0 Å². The largest absolute Gasteiger partial charge is 0.347 e. The third kappa shape index (κ3) is 2.68. The lowest BCUT2D eigenvalue weighted by atomic mass is 10.3. The van der Waals surface area contributed by atoms with Crippen molar-refractivity contribution in [3.05, 3.63) is 34.3 Å². The van der Waals surface area contributed by atoms with Crippen LogP contribution in [0.1, 0.15) is 35.6 Å². The van der Waals surface area contributed by atoms with E-state index in [1.165, 1.54) is 9.88 Å². The van der Waals surface area contributed by atoms with Gasteiger partial charge in [0.1, 0.15) is 5.82 Å². The minimum Gasteiger partial charge on any atom is -0.347 e. The summed E-state index contributed by atoms with van der Waals surface area (Å²) >= 11 is 1.77. The van der Waals surface area contributed by atoms with E-state index < -0.39 is 0 Å². The lowest BCUT2D eigenvalue weighted by molar-refractivity contribution is 0.554. The van der Waals surface area contributed by atoms with Crippen molar-refractivity contribution in [1.82, 2.24) is 20.3 Å². The average Bonchev–Trinajstić information content (AvgIpc) is 2.96. The van der Waals surface area contributed by atoms with Crippen LogP contribution in [0.5, 0.6) is 0 Å². The molecule has 16 heavy (non-hydrogen) atoms. The zero-order valence-electron chi connectivity index (χ0n) is 9.53. The van der Waals surface area contributed by atoms with Crippen molar-refractivity contribution in [3.8, 4) is 0 Å². The highest BCUT2D eigenvalue weighted by molar-refractivity contribution is 7.11. The van der Waals surface area contributed by atoms with Gasteiger partial charge in [-0.2, -0.15) is 0 Å². The molecular formula is C11H16N4S. The highest BCUT2D eigenvalue weighted by atomic mass is 32.1. The van der Waals surface area contributed by atoms with Gasteiger partial charge in [0.2, 0.25) is 0 Å². The fourth-order valence-electron chi connectivity index (χ4n) is 1.46. The summed E-state index contributed by atoms with van der Waals surface area (Å²) < 4.78 is 0. The minimum absolute atomic E-state index is 0.238. The van der Waals surface area contributed by atoms with Gasteiger partial charge in [-0.25, -0.2) is 9.97 Å². The van der Waals surface area contributed by atoms with Crippen molar-refractivity contribution < 1.29 is 0 Å². The second kappa shape index (κ2) is 5.23. The molecule has 0 aliphatic heterocycles. The van der Waals surface area contributed by atoms with Gasteiger partial charge < -0.3 is 10.3 Å². The molecule has 2 aromatic heterocycles.